The maximum absolute atomic E-state index is 12.8. The highest BCUT2D eigenvalue weighted by Crippen LogP contribution is 2.19. The van der Waals surface area contributed by atoms with Gasteiger partial charge in [0, 0.05) is 23.1 Å². The van der Waals surface area contributed by atoms with Gasteiger partial charge in [-0.05, 0) is 38.1 Å². The molecule has 116 valence electrons. The number of thioether (sulfide) groups is 1. The monoisotopic (exact) mass is 313 g/mol. The van der Waals surface area contributed by atoms with Gasteiger partial charge >= 0.3 is 5.97 Å². The van der Waals surface area contributed by atoms with Crippen molar-refractivity contribution in [3.8, 4) is 0 Å². The van der Waals surface area contributed by atoms with Crippen molar-refractivity contribution in [2.24, 2.45) is 0 Å². The van der Waals surface area contributed by atoms with Crippen LogP contribution in [-0.4, -0.2) is 42.2 Å². The third kappa shape index (κ3) is 6.16. The van der Waals surface area contributed by atoms with Crippen molar-refractivity contribution in [1.29, 1.82) is 0 Å². The second-order valence-corrected chi connectivity index (χ2v) is 5.91. The summed E-state index contributed by atoms with van der Waals surface area (Å²) in [6.07, 6.45) is 0.317. The van der Waals surface area contributed by atoms with Crippen molar-refractivity contribution in [2.45, 2.75) is 31.2 Å². The van der Waals surface area contributed by atoms with Gasteiger partial charge < -0.3 is 9.64 Å². The number of hydrogen-bond acceptors (Lipinski definition) is 4. The molecule has 0 aliphatic rings. The van der Waals surface area contributed by atoms with Crippen LogP contribution in [0.15, 0.2) is 29.2 Å². The molecule has 1 aromatic rings. The predicted molar refractivity (Wildman–Crippen MR) is 80.6 cm³/mol. The molecule has 1 rings (SSSR count). The Labute approximate surface area is 128 Å². The van der Waals surface area contributed by atoms with E-state index in [1.165, 1.54) is 35.9 Å². The number of nitrogens with zero attached hydrogens (tertiary/aromatic N) is 1. The first kappa shape index (κ1) is 17.5. The number of hydrogen-bond donors (Lipinski definition) is 0. The summed E-state index contributed by atoms with van der Waals surface area (Å²) < 4.78 is 17.4. The molecule has 0 aromatic heterocycles. The number of rotatable bonds is 7. The summed E-state index contributed by atoms with van der Waals surface area (Å²) >= 11 is 1.48. The van der Waals surface area contributed by atoms with E-state index in [1.54, 1.807) is 12.1 Å². The van der Waals surface area contributed by atoms with Gasteiger partial charge in [-0.15, -0.1) is 11.8 Å². The molecule has 0 spiro atoms. The molecular formula is C15H20FNO3S. The number of amides is 1. The van der Waals surface area contributed by atoms with Gasteiger partial charge in [-0.1, -0.05) is 0 Å². The first-order valence-corrected chi connectivity index (χ1v) is 7.67. The second-order valence-electron chi connectivity index (χ2n) is 4.74. The molecular weight excluding hydrogens is 293 g/mol. The molecule has 1 amide bonds. The third-order valence-electron chi connectivity index (χ3n) is 2.87. The molecule has 0 saturated heterocycles. The topological polar surface area (TPSA) is 46.6 Å². The molecule has 0 atom stereocenters. The van der Waals surface area contributed by atoms with Crippen molar-refractivity contribution in [2.75, 3.05) is 19.4 Å². The van der Waals surface area contributed by atoms with Crippen LogP contribution in [0.4, 0.5) is 4.39 Å². The van der Waals surface area contributed by atoms with Crippen molar-refractivity contribution < 1.29 is 18.7 Å². The van der Waals surface area contributed by atoms with Crippen LogP contribution >= 0.6 is 11.8 Å². The summed E-state index contributed by atoms with van der Waals surface area (Å²) in [5.41, 5.74) is 0. The highest BCUT2D eigenvalue weighted by atomic mass is 32.2. The normalized spacial score (nSPS) is 10.5. The zero-order valence-electron chi connectivity index (χ0n) is 12.5. The van der Waals surface area contributed by atoms with E-state index in [4.69, 9.17) is 0 Å². The van der Waals surface area contributed by atoms with Crippen molar-refractivity contribution in [3.05, 3.63) is 30.1 Å². The van der Waals surface area contributed by atoms with Crippen LogP contribution in [0, 0.1) is 5.82 Å². The van der Waals surface area contributed by atoms with Gasteiger partial charge in [-0.2, -0.15) is 0 Å². The minimum atomic E-state index is -0.428. The smallest absolute Gasteiger partial charge is 0.325 e. The minimum Gasteiger partial charge on any atom is -0.468 e. The molecule has 0 radical (unpaired) electrons. The molecule has 0 unspecified atom stereocenters. The number of methoxy groups -OCH3 is 1. The lowest BCUT2D eigenvalue weighted by Crippen LogP contribution is -2.41. The summed E-state index contributed by atoms with van der Waals surface area (Å²) in [5, 5.41) is 0. The van der Waals surface area contributed by atoms with E-state index in [-0.39, 0.29) is 24.3 Å². The van der Waals surface area contributed by atoms with E-state index in [9.17, 15) is 14.0 Å². The molecule has 1 aromatic carbocycles. The summed E-state index contributed by atoms with van der Waals surface area (Å²) in [7, 11) is 1.30. The molecule has 0 bridgehead atoms. The summed E-state index contributed by atoms with van der Waals surface area (Å²) in [4.78, 5) is 25.8. The molecule has 0 aliphatic heterocycles. The van der Waals surface area contributed by atoms with E-state index in [0.29, 0.717) is 12.2 Å². The van der Waals surface area contributed by atoms with E-state index >= 15 is 0 Å². The van der Waals surface area contributed by atoms with Gasteiger partial charge in [0.1, 0.15) is 12.4 Å². The predicted octanol–water partition coefficient (Wildman–Crippen LogP) is 2.72. The molecule has 4 nitrogen and oxygen atoms in total. The number of halogens is 1. The largest absolute Gasteiger partial charge is 0.468 e. The summed E-state index contributed by atoms with van der Waals surface area (Å²) in [5.74, 6) is -0.220. The quantitative estimate of drug-likeness (QED) is 0.573. The molecule has 0 N–H and O–H groups in total. The highest BCUT2D eigenvalue weighted by Gasteiger charge is 2.20. The Balaban J connectivity index is 2.46. The molecule has 6 heteroatoms. The average molecular weight is 313 g/mol. The Hall–Kier alpha value is -1.56. The number of ether oxygens (including phenoxy) is 1. The van der Waals surface area contributed by atoms with Crippen molar-refractivity contribution in [3.63, 3.8) is 0 Å². The highest BCUT2D eigenvalue weighted by molar-refractivity contribution is 7.99. The Kier molecular flexibility index (Phi) is 7.22. The summed E-state index contributed by atoms with van der Waals surface area (Å²) in [6, 6.07) is 6.08. The van der Waals surface area contributed by atoms with Crippen LogP contribution in [0.5, 0.6) is 0 Å². The molecule has 0 fully saturated rings. The lowest BCUT2D eigenvalue weighted by Gasteiger charge is -2.25. The van der Waals surface area contributed by atoms with Crippen LogP contribution < -0.4 is 0 Å². The maximum atomic E-state index is 12.8. The standard InChI is InChI=1S/C15H20FNO3S/c1-11(2)17(10-15(19)20-3)14(18)8-9-21-13-6-4-12(16)5-7-13/h4-7,11H,8-10H2,1-3H3. The maximum Gasteiger partial charge on any atom is 0.325 e. The third-order valence-corrected chi connectivity index (χ3v) is 3.88. The van der Waals surface area contributed by atoms with Crippen LogP contribution in [0.2, 0.25) is 0 Å². The Bertz CT molecular complexity index is 476. The van der Waals surface area contributed by atoms with E-state index in [2.05, 4.69) is 4.74 Å². The first-order chi connectivity index (χ1) is 9.93. The Morgan fingerprint density at radius 1 is 1.29 bits per heavy atom. The zero-order chi connectivity index (χ0) is 15.8. The van der Waals surface area contributed by atoms with Crippen LogP contribution in [0.1, 0.15) is 20.3 Å². The number of benzene rings is 1. The molecule has 0 heterocycles. The van der Waals surface area contributed by atoms with E-state index < -0.39 is 5.97 Å². The van der Waals surface area contributed by atoms with Gasteiger partial charge in [-0.3, -0.25) is 9.59 Å². The van der Waals surface area contributed by atoms with Crippen molar-refractivity contribution in [1.82, 2.24) is 4.90 Å². The van der Waals surface area contributed by atoms with Crippen LogP contribution in [0.25, 0.3) is 0 Å². The van der Waals surface area contributed by atoms with Crippen molar-refractivity contribution >= 4 is 23.6 Å². The average Bonchev–Trinajstić information content (AvgIpc) is 2.46. The number of esters is 1. The Morgan fingerprint density at radius 2 is 1.90 bits per heavy atom. The fourth-order valence-corrected chi connectivity index (χ4v) is 2.53. The van der Waals surface area contributed by atoms with Gasteiger partial charge in [0.05, 0.1) is 7.11 Å². The van der Waals surface area contributed by atoms with E-state index in [1.807, 2.05) is 13.8 Å². The second kappa shape index (κ2) is 8.67. The fourth-order valence-electron chi connectivity index (χ4n) is 1.69. The zero-order valence-corrected chi connectivity index (χ0v) is 13.3. The first-order valence-electron chi connectivity index (χ1n) is 6.68. The molecule has 0 saturated carbocycles. The molecule has 0 aliphatic carbocycles. The summed E-state index contributed by atoms with van der Waals surface area (Å²) in [6.45, 7) is 3.68. The van der Waals surface area contributed by atoms with Crippen LogP contribution in [-0.2, 0) is 14.3 Å². The van der Waals surface area contributed by atoms with E-state index in [0.717, 1.165) is 4.90 Å². The van der Waals surface area contributed by atoms with Crippen LogP contribution in [0.3, 0.4) is 0 Å². The Morgan fingerprint density at radius 3 is 2.43 bits per heavy atom. The lowest BCUT2D eigenvalue weighted by atomic mass is 10.3. The van der Waals surface area contributed by atoms with Gasteiger partial charge in [-0.25, -0.2) is 4.39 Å². The fraction of sp³-hybridized carbons (Fsp3) is 0.467. The SMILES string of the molecule is COC(=O)CN(C(=O)CCSc1ccc(F)cc1)C(C)C. The van der Waals surface area contributed by atoms with Gasteiger partial charge in [0.2, 0.25) is 5.91 Å². The lowest BCUT2D eigenvalue weighted by molar-refractivity contribution is -0.148. The van der Waals surface area contributed by atoms with Gasteiger partial charge in [0.15, 0.2) is 0 Å². The van der Waals surface area contributed by atoms with Gasteiger partial charge in [0.25, 0.3) is 0 Å². The minimum absolute atomic E-state index is 0.0335. The molecule has 21 heavy (non-hydrogen) atoms. The number of carbonyl (C=O) groups is 2. The number of carbonyl (C=O) groups excluding carboxylic acids is 2.